The van der Waals surface area contributed by atoms with Crippen LogP contribution in [0.1, 0.15) is 0 Å². The molecule has 0 aliphatic rings. The fourth-order valence-corrected chi connectivity index (χ4v) is 0.977. The van der Waals surface area contributed by atoms with Crippen LogP contribution in [0.15, 0.2) is 6.20 Å². The predicted molar refractivity (Wildman–Crippen MR) is 42.8 cm³/mol. The lowest BCUT2D eigenvalue weighted by Crippen LogP contribution is -2.00. The third-order valence-corrected chi connectivity index (χ3v) is 1.67. The maximum Gasteiger partial charge on any atom is 0.165 e. The second-order valence-electron chi connectivity index (χ2n) is 1.90. The van der Waals surface area contributed by atoms with Gasteiger partial charge in [-0.3, -0.25) is 0 Å². The van der Waals surface area contributed by atoms with Crippen LogP contribution in [-0.4, -0.2) is 27.0 Å². The quantitative estimate of drug-likeness (QED) is 0.684. The maximum atomic E-state index is 5.35. The van der Waals surface area contributed by atoms with Crippen molar-refractivity contribution in [3.05, 3.63) is 6.20 Å². The number of hydrogen-bond donors (Lipinski definition) is 1. The first-order valence-electron chi connectivity index (χ1n) is 2.97. The van der Waals surface area contributed by atoms with Crippen LogP contribution in [0.4, 0.5) is 5.82 Å². The molecule has 0 amide bonds. The molecule has 4 nitrogen and oxygen atoms in total. The summed E-state index contributed by atoms with van der Waals surface area (Å²) in [5.74, 6) is 1.53. The number of anilines is 1. The van der Waals surface area contributed by atoms with Crippen LogP contribution >= 0.6 is 11.8 Å². The molecule has 0 atom stereocenters. The monoisotopic (exact) mass is 158 g/mol. The van der Waals surface area contributed by atoms with Crippen molar-refractivity contribution in [2.45, 2.75) is 6.54 Å². The highest BCUT2D eigenvalue weighted by Gasteiger charge is 1.93. The summed E-state index contributed by atoms with van der Waals surface area (Å²) in [5.41, 5.74) is 5.35. The van der Waals surface area contributed by atoms with Crippen LogP contribution in [0, 0.1) is 0 Å². The summed E-state index contributed by atoms with van der Waals surface area (Å²) in [4.78, 5) is 0. The Balaban J connectivity index is 2.42. The number of nitrogens with zero attached hydrogens (tertiary/aromatic N) is 3. The normalized spacial score (nSPS) is 10.1. The first-order chi connectivity index (χ1) is 4.83. The van der Waals surface area contributed by atoms with Crippen LogP contribution in [-0.2, 0) is 6.54 Å². The van der Waals surface area contributed by atoms with E-state index in [0.29, 0.717) is 5.82 Å². The fourth-order valence-electron chi connectivity index (χ4n) is 0.607. The minimum absolute atomic E-state index is 0.487. The molecule has 1 aromatic heterocycles. The third kappa shape index (κ3) is 1.91. The molecule has 1 heterocycles. The van der Waals surface area contributed by atoms with E-state index in [2.05, 4.69) is 16.6 Å². The average molecular weight is 158 g/mol. The Labute approximate surface area is 63.8 Å². The van der Waals surface area contributed by atoms with Crippen molar-refractivity contribution in [3.8, 4) is 0 Å². The standard InChI is InChI=1S/C5H10N4S/c1-10-3-2-9-4-5(6)7-8-9/h4H,2-3,6H2,1H3. The molecule has 10 heavy (non-hydrogen) atoms. The van der Waals surface area contributed by atoms with Crippen LogP contribution in [0.5, 0.6) is 0 Å². The van der Waals surface area contributed by atoms with Crippen molar-refractivity contribution in [1.29, 1.82) is 0 Å². The van der Waals surface area contributed by atoms with E-state index in [0.717, 1.165) is 12.3 Å². The maximum absolute atomic E-state index is 5.35. The van der Waals surface area contributed by atoms with Gasteiger partial charge in [-0.15, -0.1) is 5.10 Å². The summed E-state index contributed by atoms with van der Waals surface area (Å²) in [7, 11) is 0. The molecule has 5 heteroatoms. The Hall–Kier alpha value is -0.710. The molecule has 56 valence electrons. The van der Waals surface area contributed by atoms with Gasteiger partial charge in [-0.1, -0.05) is 5.21 Å². The van der Waals surface area contributed by atoms with Gasteiger partial charge in [0.05, 0.1) is 12.7 Å². The van der Waals surface area contributed by atoms with Gasteiger partial charge in [0.2, 0.25) is 0 Å². The summed E-state index contributed by atoms with van der Waals surface area (Å²) in [5, 5.41) is 7.43. The van der Waals surface area contributed by atoms with E-state index in [4.69, 9.17) is 5.73 Å². The molecule has 1 aromatic rings. The molecule has 0 spiro atoms. The molecule has 2 N–H and O–H groups in total. The van der Waals surface area contributed by atoms with Crippen LogP contribution in [0.2, 0.25) is 0 Å². The summed E-state index contributed by atoms with van der Waals surface area (Å²) >= 11 is 1.78. The number of hydrogen-bond acceptors (Lipinski definition) is 4. The van der Waals surface area contributed by atoms with Crippen molar-refractivity contribution in [2.75, 3.05) is 17.7 Å². The number of nitrogen functional groups attached to an aromatic ring is 1. The van der Waals surface area contributed by atoms with Crippen LogP contribution < -0.4 is 5.73 Å². The molecule has 0 fully saturated rings. The summed E-state index contributed by atoms with van der Waals surface area (Å²) in [6.45, 7) is 0.880. The van der Waals surface area contributed by atoms with Crippen molar-refractivity contribution < 1.29 is 0 Å². The summed E-state index contributed by atoms with van der Waals surface area (Å²) in [6.07, 6.45) is 3.79. The first kappa shape index (κ1) is 7.40. The number of thioether (sulfide) groups is 1. The molecule has 0 aromatic carbocycles. The number of nitrogens with two attached hydrogens (primary N) is 1. The minimum Gasteiger partial charge on any atom is -0.381 e. The Kier molecular flexibility index (Phi) is 2.56. The molecule has 1 rings (SSSR count). The second-order valence-corrected chi connectivity index (χ2v) is 2.88. The molecule has 0 aliphatic carbocycles. The van der Waals surface area contributed by atoms with Gasteiger partial charge in [0.15, 0.2) is 5.82 Å². The Bertz CT molecular complexity index is 197. The summed E-state index contributed by atoms with van der Waals surface area (Å²) in [6, 6.07) is 0. The van der Waals surface area contributed by atoms with Gasteiger partial charge in [0.1, 0.15) is 0 Å². The Morgan fingerprint density at radius 3 is 3.10 bits per heavy atom. The van der Waals surface area contributed by atoms with Crippen LogP contribution in [0.25, 0.3) is 0 Å². The zero-order valence-electron chi connectivity index (χ0n) is 5.82. The van der Waals surface area contributed by atoms with Gasteiger partial charge in [0.25, 0.3) is 0 Å². The molecular weight excluding hydrogens is 148 g/mol. The lowest BCUT2D eigenvalue weighted by atomic mass is 10.7. The number of aromatic nitrogens is 3. The summed E-state index contributed by atoms with van der Waals surface area (Å²) < 4.78 is 1.74. The number of aryl methyl sites for hydroxylation is 1. The van der Waals surface area contributed by atoms with E-state index < -0.39 is 0 Å². The van der Waals surface area contributed by atoms with E-state index >= 15 is 0 Å². The van der Waals surface area contributed by atoms with Crippen LogP contribution in [0.3, 0.4) is 0 Å². The molecule has 0 radical (unpaired) electrons. The molecule has 0 aliphatic heterocycles. The average Bonchev–Trinajstić information content (AvgIpc) is 2.31. The van der Waals surface area contributed by atoms with E-state index in [-0.39, 0.29) is 0 Å². The lowest BCUT2D eigenvalue weighted by molar-refractivity contribution is 0.633. The highest BCUT2D eigenvalue weighted by Crippen LogP contribution is 1.96. The van der Waals surface area contributed by atoms with E-state index in [1.807, 2.05) is 0 Å². The van der Waals surface area contributed by atoms with Gasteiger partial charge in [-0.2, -0.15) is 11.8 Å². The highest BCUT2D eigenvalue weighted by molar-refractivity contribution is 7.98. The van der Waals surface area contributed by atoms with E-state index in [1.54, 1.807) is 22.6 Å². The minimum atomic E-state index is 0.487. The van der Waals surface area contributed by atoms with Gasteiger partial charge in [-0.25, -0.2) is 4.68 Å². The molecule has 0 bridgehead atoms. The first-order valence-corrected chi connectivity index (χ1v) is 4.37. The van der Waals surface area contributed by atoms with Gasteiger partial charge in [-0.05, 0) is 6.26 Å². The molecule has 0 saturated carbocycles. The predicted octanol–water partition coefficient (Wildman–Crippen LogP) is 0.223. The SMILES string of the molecule is CSCCn1cc(N)nn1. The largest absolute Gasteiger partial charge is 0.381 e. The Morgan fingerprint density at radius 2 is 2.60 bits per heavy atom. The van der Waals surface area contributed by atoms with Crippen molar-refractivity contribution in [1.82, 2.24) is 15.0 Å². The van der Waals surface area contributed by atoms with Crippen molar-refractivity contribution in [3.63, 3.8) is 0 Å². The van der Waals surface area contributed by atoms with E-state index in [9.17, 15) is 0 Å². The number of rotatable bonds is 3. The molecular formula is C5H10N4S. The highest BCUT2D eigenvalue weighted by atomic mass is 32.2. The second kappa shape index (κ2) is 3.46. The smallest absolute Gasteiger partial charge is 0.165 e. The topological polar surface area (TPSA) is 56.7 Å². The van der Waals surface area contributed by atoms with Gasteiger partial charge in [0, 0.05) is 5.75 Å². The van der Waals surface area contributed by atoms with E-state index in [1.165, 1.54) is 0 Å². The third-order valence-electron chi connectivity index (χ3n) is 1.08. The van der Waals surface area contributed by atoms with Crippen molar-refractivity contribution >= 4 is 17.6 Å². The Morgan fingerprint density at radius 1 is 1.80 bits per heavy atom. The fraction of sp³-hybridized carbons (Fsp3) is 0.600. The molecule has 0 saturated heterocycles. The van der Waals surface area contributed by atoms with Crippen molar-refractivity contribution in [2.24, 2.45) is 0 Å². The zero-order valence-corrected chi connectivity index (χ0v) is 6.64. The van der Waals surface area contributed by atoms with Gasteiger partial charge >= 0.3 is 0 Å². The molecule has 0 unspecified atom stereocenters. The zero-order chi connectivity index (χ0) is 7.40. The van der Waals surface area contributed by atoms with Gasteiger partial charge < -0.3 is 5.73 Å². The lowest BCUT2D eigenvalue weighted by Gasteiger charge is -1.94.